The van der Waals surface area contributed by atoms with E-state index in [-0.39, 0.29) is 0 Å². The predicted octanol–water partition coefficient (Wildman–Crippen LogP) is 2.42. The van der Waals surface area contributed by atoms with Crippen molar-refractivity contribution in [3.63, 3.8) is 0 Å². The van der Waals surface area contributed by atoms with Crippen molar-refractivity contribution in [1.29, 1.82) is 0 Å². The highest BCUT2D eigenvalue weighted by Gasteiger charge is 2.15. The van der Waals surface area contributed by atoms with Crippen LogP contribution in [-0.2, 0) is 11.3 Å². The van der Waals surface area contributed by atoms with Crippen molar-refractivity contribution in [1.82, 2.24) is 10.3 Å². The number of aromatic nitrogens is 1. The number of ether oxygens (including phenoxy) is 1. The van der Waals surface area contributed by atoms with Crippen LogP contribution < -0.4 is 5.32 Å². The number of fused-ring (bicyclic) bond motifs is 1. The molecule has 94 valence electrons. The molecule has 0 aliphatic carbocycles. The van der Waals surface area contributed by atoms with Crippen molar-refractivity contribution >= 4 is 10.9 Å². The Morgan fingerprint density at radius 2 is 2.28 bits per heavy atom. The van der Waals surface area contributed by atoms with Crippen LogP contribution in [0.15, 0.2) is 30.3 Å². The Balaban J connectivity index is 1.85. The molecule has 3 rings (SSSR count). The normalized spacial score (nSPS) is 19.5. The van der Waals surface area contributed by atoms with Crippen LogP contribution in [0.4, 0.5) is 0 Å². The molecule has 0 saturated carbocycles. The van der Waals surface area contributed by atoms with Gasteiger partial charge in [0.1, 0.15) is 0 Å². The standard InChI is InChI=1S/C15H18N2O/c1-11-8-12(9-16-13-6-7-18-10-13)14-4-2-3-5-15(14)17-11/h2-5,8,13,16H,6-7,9-10H2,1H3. The Kier molecular flexibility index (Phi) is 3.26. The second-order valence-corrected chi connectivity index (χ2v) is 4.88. The molecule has 1 aromatic carbocycles. The van der Waals surface area contributed by atoms with Crippen LogP contribution in [0.1, 0.15) is 17.7 Å². The first-order chi connectivity index (χ1) is 8.83. The predicted molar refractivity (Wildman–Crippen MR) is 72.5 cm³/mol. The molecule has 0 bridgehead atoms. The number of benzene rings is 1. The topological polar surface area (TPSA) is 34.1 Å². The summed E-state index contributed by atoms with van der Waals surface area (Å²) in [6.45, 7) is 4.66. The minimum Gasteiger partial charge on any atom is -0.380 e. The third-order valence-corrected chi connectivity index (χ3v) is 3.44. The fourth-order valence-corrected chi connectivity index (χ4v) is 2.49. The molecular weight excluding hydrogens is 224 g/mol. The minimum atomic E-state index is 0.497. The van der Waals surface area contributed by atoms with E-state index in [1.54, 1.807) is 0 Å². The van der Waals surface area contributed by atoms with Crippen LogP contribution in [0.2, 0.25) is 0 Å². The van der Waals surface area contributed by atoms with Gasteiger partial charge in [-0.2, -0.15) is 0 Å². The highest BCUT2D eigenvalue weighted by atomic mass is 16.5. The first kappa shape index (κ1) is 11.6. The van der Waals surface area contributed by atoms with Crippen LogP contribution in [0, 0.1) is 6.92 Å². The zero-order valence-electron chi connectivity index (χ0n) is 10.6. The first-order valence-electron chi connectivity index (χ1n) is 6.49. The molecule has 18 heavy (non-hydrogen) atoms. The molecule has 0 spiro atoms. The van der Waals surface area contributed by atoms with Gasteiger partial charge in [0, 0.05) is 30.3 Å². The summed E-state index contributed by atoms with van der Waals surface area (Å²) in [7, 11) is 0. The fraction of sp³-hybridized carbons (Fsp3) is 0.400. The number of nitrogens with zero attached hydrogens (tertiary/aromatic N) is 1. The second-order valence-electron chi connectivity index (χ2n) is 4.88. The molecule has 1 fully saturated rings. The lowest BCUT2D eigenvalue weighted by molar-refractivity contribution is 0.190. The van der Waals surface area contributed by atoms with Gasteiger partial charge >= 0.3 is 0 Å². The Labute approximate surface area is 107 Å². The van der Waals surface area contributed by atoms with Gasteiger partial charge in [0.15, 0.2) is 0 Å². The van der Waals surface area contributed by atoms with Gasteiger partial charge in [-0.15, -0.1) is 0 Å². The molecule has 1 atom stereocenters. The zero-order valence-corrected chi connectivity index (χ0v) is 10.6. The lowest BCUT2D eigenvalue weighted by Crippen LogP contribution is -2.28. The summed E-state index contributed by atoms with van der Waals surface area (Å²) in [6, 6.07) is 11.0. The molecular formula is C15H18N2O. The summed E-state index contributed by atoms with van der Waals surface area (Å²) in [6.07, 6.45) is 1.11. The third kappa shape index (κ3) is 2.37. The molecule has 3 heteroatoms. The van der Waals surface area contributed by atoms with Crippen molar-refractivity contribution < 1.29 is 4.74 Å². The Morgan fingerprint density at radius 3 is 3.11 bits per heavy atom. The maximum atomic E-state index is 5.38. The molecule has 1 N–H and O–H groups in total. The third-order valence-electron chi connectivity index (χ3n) is 3.44. The number of pyridine rings is 1. The van der Waals surface area contributed by atoms with Crippen LogP contribution in [-0.4, -0.2) is 24.2 Å². The summed E-state index contributed by atoms with van der Waals surface area (Å²) >= 11 is 0. The number of hydrogen-bond donors (Lipinski definition) is 1. The maximum absolute atomic E-state index is 5.38. The average molecular weight is 242 g/mol. The van der Waals surface area contributed by atoms with Crippen molar-refractivity contribution in [2.45, 2.75) is 25.9 Å². The molecule has 3 nitrogen and oxygen atoms in total. The van der Waals surface area contributed by atoms with E-state index in [0.29, 0.717) is 6.04 Å². The first-order valence-corrected chi connectivity index (χ1v) is 6.49. The van der Waals surface area contributed by atoms with E-state index in [2.05, 4.69) is 41.5 Å². The largest absolute Gasteiger partial charge is 0.380 e. The lowest BCUT2D eigenvalue weighted by atomic mass is 10.1. The lowest BCUT2D eigenvalue weighted by Gasteiger charge is -2.12. The number of aryl methyl sites for hydroxylation is 1. The van der Waals surface area contributed by atoms with Crippen molar-refractivity contribution in [2.24, 2.45) is 0 Å². The molecule has 0 radical (unpaired) electrons. The highest BCUT2D eigenvalue weighted by molar-refractivity contribution is 5.82. The summed E-state index contributed by atoms with van der Waals surface area (Å²) in [5, 5.41) is 4.81. The molecule has 1 saturated heterocycles. The van der Waals surface area contributed by atoms with Crippen molar-refractivity contribution in [3.8, 4) is 0 Å². The summed E-state index contributed by atoms with van der Waals surface area (Å²) in [4.78, 5) is 4.56. The van der Waals surface area contributed by atoms with Gasteiger partial charge < -0.3 is 10.1 Å². The van der Waals surface area contributed by atoms with Gasteiger partial charge in [-0.1, -0.05) is 18.2 Å². The van der Waals surface area contributed by atoms with Crippen molar-refractivity contribution in [2.75, 3.05) is 13.2 Å². The summed E-state index contributed by atoms with van der Waals surface area (Å²) < 4.78 is 5.38. The van der Waals surface area contributed by atoms with E-state index in [0.717, 1.165) is 37.4 Å². The van der Waals surface area contributed by atoms with Crippen LogP contribution in [0.5, 0.6) is 0 Å². The number of nitrogens with one attached hydrogen (secondary N) is 1. The van der Waals surface area contributed by atoms with E-state index in [1.807, 2.05) is 6.07 Å². The minimum absolute atomic E-state index is 0.497. The summed E-state index contributed by atoms with van der Waals surface area (Å²) in [5.41, 5.74) is 3.48. The Morgan fingerprint density at radius 1 is 1.39 bits per heavy atom. The van der Waals surface area contributed by atoms with E-state index in [4.69, 9.17) is 4.74 Å². The van der Waals surface area contributed by atoms with Gasteiger partial charge in [-0.25, -0.2) is 0 Å². The molecule has 0 amide bonds. The molecule has 2 heterocycles. The smallest absolute Gasteiger partial charge is 0.0708 e. The van der Waals surface area contributed by atoms with Crippen LogP contribution in [0.3, 0.4) is 0 Å². The van der Waals surface area contributed by atoms with Gasteiger partial charge in [0.05, 0.1) is 12.1 Å². The van der Waals surface area contributed by atoms with E-state index < -0.39 is 0 Å². The van der Waals surface area contributed by atoms with E-state index in [9.17, 15) is 0 Å². The van der Waals surface area contributed by atoms with E-state index >= 15 is 0 Å². The van der Waals surface area contributed by atoms with Crippen LogP contribution in [0.25, 0.3) is 10.9 Å². The van der Waals surface area contributed by atoms with Gasteiger partial charge in [0.25, 0.3) is 0 Å². The quantitative estimate of drug-likeness (QED) is 0.897. The fourth-order valence-electron chi connectivity index (χ4n) is 2.49. The maximum Gasteiger partial charge on any atom is 0.0708 e. The average Bonchev–Trinajstić information content (AvgIpc) is 2.89. The highest BCUT2D eigenvalue weighted by Crippen LogP contribution is 2.18. The van der Waals surface area contributed by atoms with Crippen LogP contribution >= 0.6 is 0 Å². The van der Waals surface area contributed by atoms with Crippen molar-refractivity contribution in [3.05, 3.63) is 41.6 Å². The second kappa shape index (κ2) is 5.04. The molecule has 1 aliphatic rings. The monoisotopic (exact) mass is 242 g/mol. The Hall–Kier alpha value is -1.45. The Bertz CT molecular complexity index is 547. The molecule has 2 aromatic rings. The SMILES string of the molecule is Cc1cc(CNC2CCOC2)c2ccccc2n1. The zero-order chi connectivity index (χ0) is 12.4. The number of rotatable bonds is 3. The number of para-hydroxylation sites is 1. The number of hydrogen-bond acceptors (Lipinski definition) is 3. The molecule has 1 aromatic heterocycles. The van der Waals surface area contributed by atoms with Gasteiger partial charge in [-0.05, 0) is 31.0 Å². The summed E-state index contributed by atoms with van der Waals surface area (Å²) in [5.74, 6) is 0. The molecule has 1 unspecified atom stereocenters. The van der Waals surface area contributed by atoms with Gasteiger partial charge in [-0.3, -0.25) is 4.98 Å². The van der Waals surface area contributed by atoms with Gasteiger partial charge in [0.2, 0.25) is 0 Å². The van der Waals surface area contributed by atoms with E-state index in [1.165, 1.54) is 10.9 Å². The molecule has 1 aliphatic heterocycles.